The van der Waals surface area contributed by atoms with E-state index in [-0.39, 0.29) is 5.91 Å². The Morgan fingerprint density at radius 1 is 1.30 bits per heavy atom. The highest BCUT2D eigenvalue weighted by molar-refractivity contribution is 7.16. The van der Waals surface area contributed by atoms with Crippen LogP contribution in [0.2, 0.25) is 0 Å². The van der Waals surface area contributed by atoms with Gasteiger partial charge < -0.3 is 4.57 Å². The number of carbonyl (C=O) groups is 1. The highest BCUT2D eigenvalue weighted by Crippen LogP contribution is 2.16. The van der Waals surface area contributed by atoms with Crippen LogP contribution in [0.5, 0.6) is 0 Å². The van der Waals surface area contributed by atoms with Gasteiger partial charge >= 0.3 is 0 Å². The molecule has 1 aromatic carbocycles. The van der Waals surface area contributed by atoms with E-state index < -0.39 is 0 Å². The van der Waals surface area contributed by atoms with Crippen LogP contribution in [-0.2, 0) is 18.3 Å². The molecule has 0 bridgehead atoms. The molecule has 1 amide bonds. The van der Waals surface area contributed by atoms with Crippen molar-refractivity contribution in [2.24, 2.45) is 12.1 Å². The molecule has 3 heterocycles. The van der Waals surface area contributed by atoms with E-state index >= 15 is 0 Å². The summed E-state index contributed by atoms with van der Waals surface area (Å²) in [5.74, 6) is 0.440. The zero-order valence-electron chi connectivity index (χ0n) is 15.3. The molecular weight excluding hydrogens is 362 g/mol. The lowest BCUT2D eigenvalue weighted by Crippen LogP contribution is -2.23. The first kappa shape index (κ1) is 17.3. The molecule has 0 aliphatic carbocycles. The fourth-order valence-corrected chi connectivity index (χ4v) is 4.09. The third kappa shape index (κ3) is 3.21. The molecule has 0 radical (unpaired) electrons. The molecular formula is C18H19N7OS. The highest BCUT2D eigenvalue weighted by atomic mass is 32.1. The summed E-state index contributed by atoms with van der Waals surface area (Å²) in [6, 6.07) is 8.05. The van der Waals surface area contributed by atoms with Gasteiger partial charge in [-0.25, -0.2) is 14.9 Å². The Morgan fingerprint density at radius 3 is 2.93 bits per heavy atom. The van der Waals surface area contributed by atoms with E-state index in [2.05, 4.69) is 25.6 Å². The first-order valence-electron chi connectivity index (χ1n) is 8.57. The van der Waals surface area contributed by atoms with Gasteiger partial charge in [0.2, 0.25) is 10.7 Å². The SMILES string of the molecule is Cc1nc2ncnn2c(C)c1CCC(=O)N/N=c1\sc2ccccc2n1C. The first-order valence-corrected chi connectivity index (χ1v) is 9.39. The zero-order valence-corrected chi connectivity index (χ0v) is 16.1. The van der Waals surface area contributed by atoms with E-state index in [0.717, 1.165) is 32.0 Å². The van der Waals surface area contributed by atoms with Crippen molar-refractivity contribution in [3.8, 4) is 0 Å². The lowest BCUT2D eigenvalue weighted by atomic mass is 10.1. The summed E-state index contributed by atoms with van der Waals surface area (Å²) in [5, 5.41) is 8.46. The summed E-state index contributed by atoms with van der Waals surface area (Å²) in [6.45, 7) is 3.89. The van der Waals surface area contributed by atoms with Crippen molar-refractivity contribution in [3.05, 3.63) is 52.3 Å². The van der Waals surface area contributed by atoms with Crippen LogP contribution in [0.4, 0.5) is 0 Å². The fraction of sp³-hybridized carbons (Fsp3) is 0.278. The average molecular weight is 381 g/mol. The maximum atomic E-state index is 12.3. The standard InChI is InChI=1S/C18H19N7OS/c1-11-13(12(2)25-17(21-11)19-10-20-25)8-9-16(26)22-23-18-24(3)14-6-4-5-7-15(14)27-18/h4-7,10H,8-9H2,1-3H3,(H,22,26)/b23-18-. The van der Waals surface area contributed by atoms with E-state index in [1.54, 1.807) is 15.9 Å². The summed E-state index contributed by atoms with van der Waals surface area (Å²) in [6.07, 6.45) is 2.37. The van der Waals surface area contributed by atoms with Gasteiger partial charge in [0.25, 0.3) is 5.78 Å². The van der Waals surface area contributed by atoms with Crippen LogP contribution < -0.4 is 10.2 Å². The van der Waals surface area contributed by atoms with Crippen LogP contribution >= 0.6 is 11.3 Å². The molecule has 138 valence electrons. The van der Waals surface area contributed by atoms with Crippen molar-refractivity contribution in [2.45, 2.75) is 26.7 Å². The van der Waals surface area contributed by atoms with Crippen LogP contribution in [0, 0.1) is 13.8 Å². The smallest absolute Gasteiger partial charge is 0.252 e. The zero-order chi connectivity index (χ0) is 19.0. The van der Waals surface area contributed by atoms with Crippen molar-refractivity contribution in [3.63, 3.8) is 0 Å². The van der Waals surface area contributed by atoms with E-state index in [1.165, 1.54) is 6.33 Å². The number of hydrogen-bond acceptors (Lipinski definition) is 6. The number of nitrogens with zero attached hydrogens (tertiary/aromatic N) is 6. The maximum absolute atomic E-state index is 12.3. The van der Waals surface area contributed by atoms with Gasteiger partial charge in [-0.1, -0.05) is 23.5 Å². The minimum atomic E-state index is -0.134. The van der Waals surface area contributed by atoms with Crippen molar-refractivity contribution >= 4 is 33.2 Å². The number of para-hydroxylation sites is 1. The van der Waals surface area contributed by atoms with Crippen LogP contribution in [0.15, 0.2) is 35.7 Å². The summed E-state index contributed by atoms with van der Waals surface area (Å²) < 4.78 is 4.80. The third-order valence-electron chi connectivity index (χ3n) is 4.58. The van der Waals surface area contributed by atoms with Gasteiger partial charge in [0.1, 0.15) is 6.33 Å². The van der Waals surface area contributed by atoms with Gasteiger partial charge in [-0.05, 0) is 38.0 Å². The van der Waals surface area contributed by atoms with Crippen LogP contribution in [0.3, 0.4) is 0 Å². The molecule has 4 rings (SSSR count). The summed E-state index contributed by atoms with van der Waals surface area (Å²) >= 11 is 1.54. The fourth-order valence-electron chi connectivity index (χ4n) is 3.11. The van der Waals surface area contributed by atoms with Gasteiger partial charge in [-0.15, -0.1) is 5.10 Å². The lowest BCUT2D eigenvalue weighted by Gasteiger charge is -2.09. The number of nitrogens with one attached hydrogen (secondary N) is 1. The molecule has 3 aromatic heterocycles. The van der Waals surface area contributed by atoms with Crippen LogP contribution in [0.1, 0.15) is 23.4 Å². The van der Waals surface area contributed by atoms with Gasteiger partial charge in [0, 0.05) is 24.9 Å². The Balaban J connectivity index is 1.49. The van der Waals surface area contributed by atoms with Gasteiger partial charge in [0.15, 0.2) is 0 Å². The minimum Gasteiger partial charge on any atom is -0.318 e. The molecule has 0 saturated heterocycles. The number of aryl methyl sites for hydroxylation is 3. The summed E-state index contributed by atoms with van der Waals surface area (Å²) in [4.78, 5) is 21.6. The van der Waals surface area contributed by atoms with Crippen LogP contribution in [0.25, 0.3) is 16.0 Å². The molecule has 0 aliphatic heterocycles. The molecule has 9 heteroatoms. The molecule has 1 N–H and O–H groups in total. The third-order valence-corrected chi connectivity index (χ3v) is 5.69. The molecule has 0 unspecified atom stereocenters. The Kier molecular flexibility index (Phi) is 4.44. The van der Waals surface area contributed by atoms with Gasteiger partial charge in [0.05, 0.1) is 10.2 Å². The lowest BCUT2D eigenvalue weighted by molar-refractivity contribution is -0.121. The van der Waals surface area contributed by atoms with Crippen molar-refractivity contribution in [2.75, 3.05) is 0 Å². The topological polar surface area (TPSA) is 89.5 Å². The molecule has 0 atom stereocenters. The van der Waals surface area contributed by atoms with Crippen LogP contribution in [-0.4, -0.2) is 30.1 Å². The highest BCUT2D eigenvalue weighted by Gasteiger charge is 2.12. The summed E-state index contributed by atoms with van der Waals surface area (Å²) in [5.41, 5.74) is 6.59. The second-order valence-corrected chi connectivity index (χ2v) is 7.30. The normalized spacial score (nSPS) is 12.2. The second-order valence-electron chi connectivity index (χ2n) is 6.29. The monoisotopic (exact) mass is 381 g/mol. The molecule has 4 aromatic rings. The predicted octanol–water partition coefficient (Wildman–Crippen LogP) is 1.86. The number of thiazole rings is 1. The van der Waals surface area contributed by atoms with E-state index in [4.69, 9.17) is 0 Å². The van der Waals surface area contributed by atoms with Crippen molar-refractivity contribution < 1.29 is 4.79 Å². The second kappa shape index (κ2) is 6.92. The number of hydrogen-bond donors (Lipinski definition) is 1. The Bertz CT molecular complexity index is 1220. The molecule has 0 saturated carbocycles. The molecule has 27 heavy (non-hydrogen) atoms. The van der Waals surface area contributed by atoms with Gasteiger partial charge in [-0.2, -0.15) is 10.1 Å². The number of rotatable bonds is 4. The average Bonchev–Trinajstić information content (AvgIpc) is 3.25. The van der Waals surface area contributed by atoms with Gasteiger partial charge in [-0.3, -0.25) is 4.79 Å². The van der Waals surface area contributed by atoms with Crippen molar-refractivity contribution in [1.82, 2.24) is 29.6 Å². The Morgan fingerprint density at radius 2 is 2.11 bits per heavy atom. The summed E-state index contributed by atoms with van der Waals surface area (Å²) in [7, 11) is 1.94. The van der Waals surface area contributed by atoms with E-state index in [0.29, 0.717) is 18.6 Å². The van der Waals surface area contributed by atoms with E-state index in [9.17, 15) is 4.79 Å². The quantitative estimate of drug-likeness (QED) is 0.547. The number of aromatic nitrogens is 5. The number of amides is 1. The molecule has 0 fully saturated rings. The number of benzene rings is 1. The van der Waals surface area contributed by atoms with E-state index in [1.807, 2.05) is 49.7 Å². The minimum absolute atomic E-state index is 0.134. The Labute approximate surface area is 159 Å². The van der Waals surface area contributed by atoms with Crippen molar-refractivity contribution in [1.29, 1.82) is 0 Å². The molecule has 8 nitrogen and oxygen atoms in total. The first-order chi connectivity index (χ1) is 13.0. The maximum Gasteiger partial charge on any atom is 0.252 e. The largest absolute Gasteiger partial charge is 0.318 e. The predicted molar refractivity (Wildman–Crippen MR) is 103 cm³/mol. The molecule has 0 spiro atoms. The molecule has 0 aliphatic rings. The number of carbonyl (C=O) groups excluding carboxylic acids is 1. The number of fused-ring (bicyclic) bond motifs is 2. The Hall–Kier alpha value is -3.07.